The van der Waals surface area contributed by atoms with E-state index in [9.17, 15) is 4.79 Å². The van der Waals surface area contributed by atoms with Crippen LogP contribution in [0.15, 0.2) is 0 Å². The summed E-state index contributed by atoms with van der Waals surface area (Å²) in [6.45, 7) is 2.86. The molecule has 1 saturated heterocycles. The molecule has 98 valence electrons. The molecule has 1 heterocycles. The number of hydrogen-bond acceptors (Lipinski definition) is 3. The first-order valence-electron chi connectivity index (χ1n) is 6.95. The van der Waals surface area contributed by atoms with Crippen molar-refractivity contribution in [2.45, 2.75) is 57.0 Å². The van der Waals surface area contributed by atoms with Crippen molar-refractivity contribution in [3.8, 4) is 0 Å². The lowest BCUT2D eigenvalue weighted by Gasteiger charge is -2.41. The fraction of sp³-hybridized carbons (Fsp3) is 0.923. The van der Waals surface area contributed by atoms with Crippen LogP contribution in [0.5, 0.6) is 0 Å². The summed E-state index contributed by atoms with van der Waals surface area (Å²) in [5.41, 5.74) is 0. The van der Waals surface area contributed by atoms with E-state index in [2.05, 4.69) is 10.2 Å². The third-order valence-corrected chi connectivity index (χ3v) is 4.10. The number of carboxylic acid groups (broad SMARTS) is 1. The minimum atomic E-state index is -0.669. The fourth-order valence-electron chi connectivity index (χ4n) is 3.24. The third-order valence-electron chi connectivity index (χ3n) is 4.10. The molecule has 4 nitrogen and oxygen atoms in total. The Labute approximate surface area is 103 Å². The molecule has 2 rings (SSSR count). The molecular weight excluding hydrogens is 216 g/mol. The topological polar surface area (TPSA) is 52.6 Å². The highest BCUT2D eigenvalue weighted by Gasteiger charge is 2.30. The first-order valence-corrected chi connectivity index (χ1v) is 6.95. The van der Waals surface area contributed by atoms with Crippen LogP contribution in [0.1, 0.15) is 44.9 Å². The van der Waals surface area contributed by atoms with Gasteiger partial charge in [-0.15, -0.1) is 0 Å². The second-order valence-electron chi connectivity index (χ2n) is 5.34. The standard InChI is InChI=1S/C13H24N2O2/c16-13(17)9-12-10-14-7-8-15(12)11-5-3-1-2-4-6-11/h11-12,14H,1-10H2,(H,16,17). The highest BCUT2D eigenvalue weighted by Crippen LogP contribution is 2.24. The zero-order chi connectivity index (χ0) is 12.1. The number of aliphatic carboxylic acids is 1. The molecule has 0 radical (unpaired) electrons. The Morgan fingerprint density at radius 1 is 1.24 bits per heavy atom. The molecule has 0 aromatic heterocycles. The predicted molar refractivity (Wildman–Crippen MR) is 67.1 cm³/mol. The van der Waals surface area contributed by atoms with Crippen molar-refractivity contribution in [1.29, 1.82) is 0 Å². The molecule has 2 fully saturated rings. The van der Waals surface area contributed by atoms with E-state index < -0.39 is 5.97 Å². The molecule has 2 N–H and O–H groups in total. The molecule has 17 heavy (non-hydrogen) atoms. The molecule has 0 bridgehead atoms. The molecule has 1 saturated carbocycles. The van der Waals surface area contributed by atoms with Gasteiger partial charge >= 0.3 is 5.97 Å². The number of rotatable bonds is 3. The van der Waals surface area contributed by atoms with E-state index in [-0.39, 0.29) is 12.5 Å². The average Bonchev–Trinajstić information content (AvgIpc) is 2.57. The maximum Gasteiger partial charge on any atom is 0.304 e. The monoisotopic (exact) mass is 240 g/mol. The Bertz CT molecular complexity index is 250. The normalized spacial score (nSPS) is 28.8. The van der Waals surface area contributed by atoms with Crippen LogP contribution in [0, 0.1) is 0 Å². The number of carbonyl (C=O) groups is 1. The first-order chi connectivity index (χ1) is 8.27. The van der Waals surface area contributed by atoms with E-state index in [0.717, 1.165) is 19.6 Å². The summed E-state index contributed by atoms with van der Waals surface area (Å²) >= 11 is 0. The van der Waals surface area contributed by atoms with Crippen molar-refractivity contribution in [2.75, 3.05) is 19.6 Å². The van der Waals surface area contributed by atoms with E-state index in [1.165, 1.54) is 38.5 Å². The van der Waals surface area contributed by atoms with Crippen LogP contribution in [0.3, 0.4) is 0 Å². The maximum absolute atomic E-state index is 10.9. The summed E-state index contributed by atoms with van der Waals surface area (Å²) in [4.78, 5) is 13.4. The van der Waals surface area contributed by atoms with Gasteiger partial charge in [0.1, 0.15) is 0 Å². The Morgan fingerprint density at radius 3 is 2.59 bits per heavy atom. The van der Waals surface area contributed by atoms with Crippen LogP contribution in [0.2, 0.25) is 0 Å². The van der Waals surface area contributed by atoms with Gasteiger partial charge in [-0.05, 0) is 12.8 Å². The molecule has 1 unspecified atom stereocenters. The first kappa shape index (κ1) is 12.8. The summed E-state index contributed by atoms with van der Waals surface area (Å²) in [6, 6.07) is 0.827. The number of carboxylic acids is 1. The van der Waals surface area contributed by atoms with Gasteiger partial charge in [0, 0.05) is 31.7 Å². The Kier molecular flexibility index (Phi) is 4.80. The van der Waals surface area contributed by atoms with Crippen LogP contribution in [0.4, 0.5) is 0 Å². The van der Waals surface area contributed by atoms with Gasteiger partial charge in [-0.25, -0.2) is 0 Å². The van der Waals surface area contributed by atoms with Crippen molar-refractivity contribution < 1.29 is 9.90 Å². The fourth-order valence-corrected chi connectivity index (χ4v) is 3.24. The molecule has 1 atom stereocenters. The van der Waals surface area contributed by atoms with Gasteiger partial charge in [0.15, 0.2) is 0 Å². The van der Waals surface area contributed by atoms with Gasteiger partial charge in [-0.1, -0.05) is 25.7 Å². The quantitative estimate of drug-likeness (QED) is 0.733. The lowest BCUT2D eigenvalue weighted by atomic mass is 10.0. The Hall–Kier alpha value is -0.610. The Balaban J connectivity index is 1.96. The largest absolute Gasteiger partial charge is 0.481 e. The highest BCUT2D eigenvalue weighted by molar-refractivity contribution is 5.67. The van der Waals surface area contributed by atoms with Crippen molar-refractivity contribution in [3.05, 3.63) is 0 Å². The van der Waals surface area contributed by atoms with Crippen LogP contribution in [-0.2, 0) is 4.79 Å². The third kappa shape index (κ3) is 3.68. The number of nitrogens with zero attached hydrogens (tertiary/aromatic N) is 1. The number of hydrogen-bond donors (Lipinski definition) is 2. The van der Waals surface area contributed by atoms with Gasteiger partial charge in [0.05, 0.1) is 6.42 Å². The van der Waals surface area contributed by atoms with Crippen LogP contribution >= 0.6 is 0 Å². The smallest absolute Gasteiger partial charge is 0.304 e. The van der Waals surface area contributed by atoms with Crippen molar-refractivity contribution in [2.24, 2.45) is 0 Å². The molecule has 0 aromatic carbocycles. The van der Waals surface area contributed by atoms with Gasteiger partial charge in [0.25, 0.3) is 0 Å². The van der Waals surface area contributed by atoms with Gasteiger partial charge in [-0.2, -0.15) is 0 Å². The summed E-state index contributed by atoms with van der Waals surface area (Å²) in [6.07, 6.45) is 8.14. The SMILES string of the molecule is O=C(O)CC1CNCCN1C1CCCCCC1. The minimum absolute atomic E-state index is 0.198. The highest BCUT2D eigenvalue weighted by atomic mass is 16.4. The molecule has 1 aliphatic carbocycles. The zero-order valence-electron chi connectivity index (χ0n) is 10.5. The maximum atomic E-state index is 10.9. The second-order valence-corrected chi connectivity index (χ2v) is 5.34. The molecule has 4 heteroatoms. The van der Waals surface area contributed by atoms with E-state index in [1.807, 2.05) is 0 Å². The van der Waals surface area contributed by atoms with E-state index in [0.29, 0.717) is 6.04 Å². The van der Waals surface area contributed by atoms with Crippen molar-refractivity contribution >= 4 is 5.97 Å². The van der Waals surface area contributed by atoms with Crippen molar-refractivity contribution in [1.82, 2.24) is 10.2 Å². The molecule has 1 aliphatic heterocycles. The lowest BCUT2D eigenvalue weighted by molar-refractivity contribution is -0.138. The van der Waals surface area contributed by atoms with E-state index >= 15 is 0 Å². The number of piperazine rings is 1. The van der Waals surface area contributed by atoms with E-state index in [1.54, 1.807) is 0 Å². The number of nitrogens with one attached hydrogen (secondary N) is 1. The lowest BCUT2D eigenvalue weighted by Crippen LogP contribution is -2.55. The van der Waals surface area contributed by atoms with Crippen LogP contribution < -0.4 is 5.32 Å². The molecule has 0 spiro atoms. The second kappa shape index (κ2) is 6.36. The van der Waals surface area contributed by atoms with Gasteiger partial charge < -0.3 is 10.4 Å². The van der Waals surface area contributed by atoms with Crippen LogP contribution in [0.25, 0.3) is 0 Å². The summed E-state index contributed by atoms with van der Waals surface area (Å²) < 4.78 is 0. The molecule has 2 aliphatic rings. The van der Waals surface area contributed by atoms with Crippen LogP contribution in [-0.4, -0.2) is 47.7 Å². The molecular formula is C13H24N2O2. The molecule has 0 amide bonds. The minimum Gasteiger partial charge on any atom is -0.481 e. The summed E-state index contributed by atoms with van der Waals surface area (Å²) in [5.74, 6) is -0.669. The summed E-state index contributed by atoms with van der Waals surface area (Å²) in [5, 5.41) is 12.3. The Morgan fingerprint density at radius 2 is 1.94 bits per heavy atom. The predicted octanol–water partition coefficient (Wildman–Crippen LogP) is 1.46. The summed E-state index contributed by atoms with van der Waals surface area (Å²) in [7, 11) is 0. The van der Waals surface area contributed by atoms with E-state index in [4.69, 9.17) is 5.11 Å². The zero-order valence-corrected chi connectivity index (χ0v) is 10.5. The molecule has 0 aromatic rings. The van der Waals surface area contributed by atoms with Crippen molar-refractivity contribution in [3.63, 3.8) is 0 Å². The van der Waals surface area contributed by atoms with Gasteiger partial charge in [0.2, 0.25) is 0 Å². The average molecular weight is 240 g/mol. The van der Waals surface area contributed by atoms with Gasteiger partial charge in [-0.3, -0.25) is 9.69 Å².